The molecule has 16 heavy (non-hydrogen) atoms. The van der Waals surface area contributed by atoms with Crippen molar-refractivity contribution in [1.82, 2.24) is 2.78 Å². The minimum Gasteiger partial charge on any atom is -0.290 e. The predicted octanol–water partition coefficient (Wildman–Crippen LogP) is 2.97. The average molecular weight is 325 g/mol. The maximum atomic E-state index is 12.3. The summed E-state index contributed by atoms with van der Waals surface area (Å²) in [5.74, 6) is 0. The monoisotopic (exact) mass is 325 g/mol. The highest BCUT2D eigenvalue weighted by molar-refractivity contribution is 14.1. The van der Waals surface area contributed by atoms with E-state index in [1.54, 1.807) is 0 Å². The van der Waals surface area contributed by atoms with Crippen molar-refractivity contribution in [2.24, 2.45) is 0 Å². The molecule has 1 aromatic heterocycles. The normalized spacial score (nSPS) is 17.1. The summed E-state index contributed by atoms with van der Waals surface area (Å²) in [5, 5.41) is 0. The highest BCUT2D eigenvalue weighted by atomic mass is 127. The highest BCUT2D eigenvalue weighted by Crippen LogP contribution is 2.26. The van der Waals surface area contributed by atoms with E-state index >= 15 is 0 Å². The Hall–Kier alpha value is -0.840. The van der Waals surface area contributed by atoms with Crippen LogP contribution in [-0.4, -0.2) is 2.78 Å². The second-order valence-electron chi connectivity index (χ2n) is 4.21. The van der Waals surface area contributed by atoms with Crippen LogP contribution in [0.15, 0.2) is 16.9 Å². The molecule has 0 atom stereocenters. The smallest absolute Gasteiger partial charge is 0.196 e. The number of hydrogen-bond acceptors (Lipinski definition) is 1. The number of rotatable bonds is 0. The van der Waals surface area contributed by atoms with Gasteiger partial charge in [0.25, 0.3) is 0 Å². The number of fused-ring (bicyclic) bond motifs is 2. The third-order valence-corrected chi connectivity index (χ3v) is 4.41. The fourth-order valence-corrected chi connectivity index (χ4v) is 3.44. The first-order valence-electron chi connectivity index (χ1n) is 5.59. The molecule has 2 aliphatic carbocycles. The van der Waals surface area contributed by atoms with Gasteiger partial charge in [-0.05, 0) is 25.7 Å². The summed E-state index contributed by atoms with van der Waals surface area (Å²) in [5.41, 5.74) is 4.39. The Balaban J connectivity index is 2.40. The first-order chi connectivity index (χ1) is 7.79. The van der Waals surface area contributed by atoms with E-state index in [4.69, 9.17) is 0 Å². The van der Waals surface area contributed by atoms with Crippen molar-refractivity contribution in [3.8, 4) is 0 Å². The lowest BCUT2D eigenvalue weighted by Gasteiger charge is -2.21. The summed E-state index contributed by atoms with van der Waals surface area (Å²) in [6, 6.07) is 0. The molecule has 1 aromatic rings. The Morgan fingerprint density at radius 2 is 1.50 bits per heavy atom. The van der Waals surface area contributed by atoms with E-state index in [0.717, 1.165) is 36.8 Å². The van der Waals surface area contributed by atoms with Crippen LogP contribution in [-0.2, 0) is 12.8 Å². The van der Waals surface area contributed by atoms with Crippen molar-refractivity contribution in [1.29, 1.82) is 0 Å². The lowest BCUT2D eigenvalue weighted by atomic mass is 9.95. The number of nitrogens with zero attached hydrogens (tertiary/aromatic N) is 1. The van der Waals surface area contributed by atoms with Crippen LogP contribution in [0.2, 0.25) is 0 Å². The van der Waals surface area contributed by atoms with Crippen LogP contribution in [0.1, 0.15) is 35.4 Å². The van der Waals surface area contributed by atoms with E-state index in [0.29, 0.717) is 0 Å². The Labute approximate surface area is 108 Å². The molecule has 0 spiro atoms. The summed E-state index contributed by atoms with van der Waals surface area (Å²) in [7, 11) is 0. The summed E-state index contributed by atoms with van der Waals surface area (Å²) >= 11 is 2.33. The lowest BCUT2D eigenvalue weighted by Crippen LogP contribution is -2.23. The van der Waals surface area contributed by atoms with Crippen molar-refractivity contribution < 1.29 is 0 Å². The van der Waals surface area contributed by atoms with Crippen molar-refractivity contribution in [3.63, 3.8) is 0 Å². The molecule has 0 saturated carbocycles. The Morgan fingerprint density at radius 3 is 2.00 bits per heavy atom. The topological polar surface area (TPSA) is 22.0 Å². The van der Waals surface area contributed by atoms with Gasteiger partial charge in [-0.15, -0.1) is 0 Å². The third kappa shape index (κ3) is 1.41. The maximum absolute atomic E-state index is 12.3. The summed E-state index contributed by atoms with van der Waals surface area (Å²) < 4.78 is 2.21. The van der Waals surface area contributed by atoms with Crippen LogP contribution in [0.5, 0.6) is 0 Å². The Morgan fingerprint density at radius 1 is 1.00 bits per heavy atom. The van der Waals surface area contributed by atoms with Crippen LogP contribution in [0, 0.1) is 0 Å². The molecule has 0 saturated heterocycles. The van der Waals surface area contributed by atoms with Gasteiger partial charge in [-0.25, -0.2) is 0 Å². The maximum Gasteiger partial charge on any atom is 0.196 e. The number of halogens is 1. The van der Waals surface area contributed by atoms with Gasteiger partial charge in [0.2, 0.25) is 0 Å². The molecule has 1 heterocycles. The fourth-order valence-electron chi connectivity index (χ4n) is 2.43. The molecule has 0 amide bonds. The van der Waals surface area contributed by atoms with Crippen molar-refractivity contribution in [3.05, 3.63) is 44.9 Å². The summed E-state index contributed by atoms with van der Waals surface area (Å²) in [4.78, 5) is 12.3. The molecule has 0 aromatic carbocycles. The molecule has 2 aliphatic rings. The lowest BCUT2D eigenvalue weighted by molar-refractivity contribution is 0.842. The molecule has 0 N–H and O–H groups in total. The van der Waals surface area contributed by atoms with E-state index in [-0.39, 0.29) is 5.43 Å². The van der Waals surface area contributed by atoms with E-state index in [2.05, 4.69) is 37.8 Å². The minimum atomic E-state index is 0.213. The van der Waals surface area contributed by atoms with E-state index in [1.165, 1.54) is 11.4 Å². The van der Waals surface area contributed by atoms with Gasteiger partial charge in [0.15, 0.2) is 5.43 Å². The second-order valence-corrected chi connectivity index (χ2v) is 5.18. The average Bonchev–Trinajstić information content (AvgIpc) is 2.36. The van der Waals surface area contributed by atoms with E-state index in [1.807, 2.05) is 12.2 Å². The molecule has 0 unspecified atom stereocenters. The van der Waals surface area contributed by atoms with Gasteiger partial charge < -0.3 is 0 Å². The van der Waals surface area contributed by atoms with Crippen molar-refractivity contribution in [2.75, 3.05) is 0 Å². The zero-order valence-electron chi connectivity index (χ0n) is 8.87. The molecule has 3 rings (SSSR count). The Bertz CT molecular complexity index is 520. The molecule has 2 nitrogen and oxygen atoms in total. The predicted molar refractivity (Wildman–Crippen MR) is 74.8 cm³/mol. The van der Waals surface area contributed by atoms with Gasteiger partial charge in [0.05, 0.1) is 22.9 Å². The van der Waals surface area contributed by atoms with Crippen LogP contribution in [0.25, 0.3) is 12.2 Å². The zero-order valence-corrected chi connectivity index (χ0v) is 11.0. The molecule has 0 bridgehead atoms. The van der Waals surface area contributed by atoms with E-state index in [9.17, 15) is 4.79 Å². The van der Waals surface area contributed by atoms with Gasteiger partial charge >= 0.3 is 0 Å². The molecule has 0 fully saturated rings. The van der Waals surface area contributed by atoms with E-state index < -0.39 is 0 Å². The van der Waals surface area contributed by atoms with Gasteiger partial charge in [-0.1, -0.05) is 24.3 Å². The van der Waals surface area contributed by atoms with Crippen molar-refractivity contribution >= 4 is 35.0 Å². The second kappa shape index (κ2) is 3.87. The Kier molecular flexibility index (Phi) is 2.50. The third-order valence-electron chi connectivity index (χ3n) is 3.25. The number of pyridine rings is 1. The largest absolute Gasteiger partial charge is 0.290 e. The number of aromatic nitrogens is 1. The molecule has 0 aliphatic heterocycles. The zero-order chi connectivity index (χ0) is 11.1. The summed E-state index contributed by atoms with van der Waals surface area (Å²) in [6.07, 6.45) is 12.2. The first kappa shape index (κ1) is 10.3. The number of hydrogen-bond donors (Lipinski definition) is 0. The molecular weight excluding hydrogens is 313 g/mol. The van der Waals surface area contributed by atoms with Crippen LogP contribution >= 0.6 is 22.9 Å². The van der Waals surface area contributed by atoms with Crippen LogP contribution < -0.4 is 5.43 Å². The highest BCUT2D eigenvalue weighted by Gasteiger charge is 2.20. The molecular formula is C13H12INO. The molecule has 82 valence electrons. The SMILES string of the molecule is O=c1c2c(n(I)c3c1C=CCC3)CCC=C2. The first-order valence-corrected chi connectivity index (χ1v) is 6.55. The minimum absolute atomic E-state index is 0.213. The van der Waals surface area contributed by atoms with Gasteiger partial charge in [-0.2, -0.15) is 0 Å². The van der Waals surface area contributed by atoms with Gasteiger partial charge in [0, 0.05) is 22.5 Å². The molecule has 3 heteroatoms. The quantitative estimate of drug-likeness (QED) is 0.672. The fraction of sp³-hybridized carbons (Fsp3) is 0.308. The van der Waals surface area contributed by atoms with Crippen LogP contribution in [0.3, 0.4) is 0 Å². The van der Waals surface area contributed by atoms with Crippen LogP contribution in [0.4, 0.5) is 0 Å². The van der Waals surface area contributed by atoms with Gasteiger partial charge in [-0.3, -0.25) is 7.58 Å². The van der Waals surface area contributed by atoms with Gasteiger partial charge in [0.1, 0.15) is 0 Å². The standard InChI is InChI=1S/C13H12INO/c14-15-11-7-3-1-5-9(11)13(16)10-6-2-4-8-12(10)15/h1-2,5-6H,3-4,7-8H2. The van der Waals surface area contributed by atoms with Crippen molar-refractivity contribution in [2.45, 2.75) is 25.7 Å². The number of allylic oxidation sites excluding steroid dienone is 2. The molecule has 0 radical (unpaired) electrons. The summed E-state index contributed by atoms with van der Waals surface area (Å²) in [6.45, 7) is 0.